The number of carbonyl (C=O) groups excluding carboxylic acids is 1. The van der Waals surface area contributed by atoms with Gasteiger partial charge in [-0.2, -0.15) is 11.8 Å². The van der Waals surface area contributed by atoms with Crippen LogP contribution in [0.15, 0.2) is 22.9 Å². The molecule has 1 amide bonds. The van der Waals surface area contributed by atoms with E-state index in [0.717, 1.165) is 16.6 Å². The number of pyridine rings is 1. The van der Waals surface area contributed by atoms with Crippen molar-refractivity contribution in [3.8, 4) is 0 Å². The van der Waals surface area contributed by atoms with Gasteiger partial charge in [-0.05, 0) is 40.6 Å². The molecular formula is C13H17BrN2OS. The Hall–Kier alpha value is -0.550. The van der Waals surface area contributed by atoms with Crippen molar-refractivity contribution in [1.82, 2.24) is 10.3 Å². The standard InChI is InChI=1S/C13H17BrN2OS/c1-2-18-12-5-3-4-11(12)16-13(17)9-6-7-15-8-10(9)14/h6-8,11-12H,2-5H2,1H3,(H,16,17)/t11-,12-/m1/s1. The van der Waals surface area contributed by atoms with Crippen LogP contribution in [0.4, 0.5) is 0 Å². The number of hydrogen-bond donors (Lipinski definition) is 1. The van der Waals surface area contributed by atoms with Gasteiger partial charge in [-0.25, -0.2) is 0 Å². The second-order valence-electron chi connectivity index (χ2n) is 4.36. The summed E-state index contributed by atoms with van der Waals surface area (Å²) in [5, 5.41) is 3.72. The number of halogens is 1. The van der Waals surface area contributed by atoms with Gasteiger partial charge < -0.3 is 5.32 Å². The minimum atomic E-state index is -0.00196. The first-order chi connectivity index (χ1) is 8.72. The van der Waals surface area contributed by atoms with Crippen LogP contribution in [0.5, 0.6) is 0 Å². The van der Waals surface area contributed by atoms with Crippen molar-refractivity contribution in [2.75, 3.05) is 5.75 Å². The van der Waals surface area contributed by atoms with E-state index in [4.69, 9.17) is 0 Å². The Morgan fingerprint density at radius 2 is 2.44 bits per heavy atom. The van der Waals surface area contributed by atoms with Gasteiger partial charge in [0, 0.05) is 28.2 Å². The number of rotatable bonds is 4. The molecule has 98 valence electrons. The number of nitrogens with zero attached hydrogens (tertiary/aromatic N) is 1. The molecule has 1 aromatic rings. The molecule has 1 aliphatic rings. The van der Waals surface area contributed by atoms with Crippen LogP contribution >= 0.6 is 27.7 Å². The van der Waals surface area contributed by atoms with E-state index < -0.39 is 0 Å². The van der Waals surface area contributed by atoms with Crippen molar-refractivity contribution >= 4 is 33.6 Å². The fourth-order valence-corrected chi connectivity index (χ4v) is 3.94. The Kier molecular flexibility index (Phi) is 5.06. The number of amides is 1. The lowest BCUT2D eigenvalue weighted by Gasteiger charge is -2.20. The fourth-order valence-electron chi connectivity index (χ4n) is 2.31. The van der Waals surface area contributed by atoms with E-state index >= 15 is 0 Å². The van der Waals surface area contributed by atoms with Crippen LogP contribution in [0.1, 0.15) is 36.5 Å². The van der Waals surface area contributed by atoms with Crippen molar-refractivity contribution in [3.05, 3.63) is 28.5 Å². The van der Waals surface area contributed by atoms with Crippen LogP contribution in [0.25, 0.3) is 0 Å². The molecule has 1 saturated carbocycles. The molecule has 2 rings (SSSR count). The van der Waals surface area contributed by atoms with Crippen LogP contribution in [-0.4, -0.2) is 27.9 Å². The normalized spacial score (nSPS) is 23.0. The molecule has 1 aliphatic carbocycles. The van der Waals surface area contributed by atoms with Gasteiger partial charge in [0.15, 0.2) is 0 Å². The minimum absolute atomic E-state index is 0.00196. The maximum absolute atomic E-state index is 12.2. The summed E-state index contributed by atoms with van der Waals surface area (Å²) in [6.07, 6.45) is 6.81. The van der Waals surface area contributed by atoms with Gasteiger partial charge in [-0.3, -0.25) is 9.78 Å². The highest BCUT2D eigenvalue weighted by atomic mass is 79.9. The van der Waals surface area contributed by atoms with Gasteiger partial charge in [0.1, 0.15) is 0 Å². The third-order valence-electron chi connectivity index (χ3n) is 3.17. The Labute approximate surface area is 120 Å². The smallest absolute Gasteiger partial charge is 0.252 e. The topological polar surface area (TPSA) is 42.0 Å². The van der Waals surface area contributed by atoms with Crippen LogP contribution < -0.4 is 5.32 Å². The predicted octanol–water partition coefficient (Wildman–Crippen LogP) is 3.25. The molecule has 18 heavy (non-hydrogen) atoms. The first-order valence-electron chi connectivity index (χ1n) is 6.24. The zero-order valence-corrected chi connectivity index (χ0v) is 12.8. The molecule has 0 aliphatic heterocycles. The average molecular weight is 329 g/mol. The summed E-state index contributed by atoms with van der Waals surface area (Å²) in [5.74, 6) is 1.11. The fraction of sp³-hybridized carbons (Fsp3) is 0.538. The number of carbonyl (C=O) groups is 1. The van der Waals surface area contributed by atoms with Crippen molar-refractivity contribution in [2.24, 2.45) is 0 Å². The van der Waals surface area contributed by atoms with Gasteiger partial charge in [-0.1, -0.05) is 13.3 Å². The lowest BCUT2D eigenvalue weighted by atomic mass is 10.2. The van der Waals surface area contributed by atoms with Crippen LogP contribution in [-0.2, 0) is 0 Å². The highest BCUT2D eigenvalue weighted by molar-refractivity contribution is 9.10. The van der Waals surface area contributed by atoms with Crippen LogP contribution in [0.2, 0.25) is 0 Å². The highest BCUT2D eigenvalue weighted by Crippen LogP contribution is 2.30. The molecule has 0 radical (unpaired) electrons. The third kappa shape index (κ3) is 3.26. The number of thioether (sulfide) groups is 1. The molecule has 1 fully saturated rings. The molecule has 3 nitrogen and oxygen atoms in total. The van der Waals surface area contributed by atoms with Gasteiger partial charge in [0.25, 0.3) is 5.91 Å². The Bertz CT molecular complexity index is 427. The van der Waals surface area contributed by atoms with E-state index in [2.05, 4.69) is 33.2 Å². The van der Waals surface area contributed by atoms with E-state index in [0.29, 0.717) is 16.9 Å². The molecule has 1 heterocycles. The molecule has 0 unspecified atom stereocenters. The maximum Gasteiger partial charge on any atom is 0.252 e. The molecule has 0 aromatic carbocycles. The lowest BCUT2D eigenvalue weighted by Crippen LogP contribution is -2.38. The molecule has 1 N–H and O–H groups in total. The summed E-state index contributed by atoms with van der Waals surface area (Å²) < 4.78 is 0.750. The van der Waals surface area contributed by atoms with Crippen LogP contribution in [0.3, 0.4) is 0 Å². The second kappa shape index (κ2) is 6.57. The number of nitrogens with one attached hydrogen (secondary N) is 1. The Balaban J connectivity index is 2.01. The van der Waals surface area contributed by atoms with Crippen molar-refractivity contribution in [1.29, 1.82) is 0 Å². The minimum Gasteiger partial charge on any atom is -0.348 e. The monoisotopic (exact) mass is 328 g/mol. The third-order valence-corrected chi connectivity index (χ3v) is 5.12. The zero-order chi connectivity index (χ0) is 13.0. The van der Waals surface area contributed by atoms with Crippen molar-refractivity contribution in [2.45, 2.75) is 37.5 Å². The molecule has 1 aromatic heterocycles. The quantitative estimate of drug-likeness (QED) is 0.922. The molecule has 0 saturated heterocycles. The SMILES string of the molecule is CCS[C@@H]1CCC[C@H]1NC(=O)c1ccncc1Br. The van der Waals surface area contributed by atoms with E-state index in [1.165, 1.54) is 12.8 Å². The summed E-state index contributed by atoms with van der Waals surface area (Å²) in [5.41, 5.74) is 0.664. The largest absolute Gasteiger partial charge is 0.348 e. The zero-order valence-electron chi connectivity index (χ0n) is 10.4. The van der Waals surface area contributed by atoms with E-state index in [1.807, 2.05) is 11.8 Å². The van der Waals surface area contributed by atoms with E-state index in [1.54, 1.807) is 18.5 Å². The van der Waals surface area contributed by atoms with Gasteiger partial charge >= 0.3 is 0 Å². The lowest BCUT2D eigenvalue weighted by molar-refractivity contribution is 0.0938. The first-order valence-corrected chi connectivity index (χ1v) is 8.08. The Morgan fingerprint density at radius 1 is 1.61 bits per heavy atom. The maximum atomic E-state index is 12.2. The van der Waals surface area contributed by atoms with Gasteiger partial charge in [-0.15, -0.1) is 0 Å². The van der Waals surface area contributed by atoms with E-state index in [9.17, 15) is 4.79 Å². The summed E-state index contributed by atoms with van der Waals surface area (Å²) in [6.45, 7) is 2.17. The number of aromatic nitrogens is 1. The summed E-state index contributed by atoms with van der Waals surface area (Å²) >= 11 is 5.31. The van der Waals surface area contributed by atoms with Gasteiger partial charge in [0.2, 0.25) is 0 Å². The molecule has 0 spiro atoms. The molecule has 2 atom stereocenters. The average Bonchev–Trinajstić information content (AvgIpc) is 2.78. The summed E-state index contributed by atoms with van der Waals surface area (Å²) in [7, 11) is 0. The summed E-state index contributed by atoms with van der Waals surface area (Å²) in [6, 6.07) is 2.05. The van der Waals surface area contributed by atoms with E-state index in [-0.39, 0.29) is 5.91 Å². The highest BCUT2D eigenvalue weighted by Gasteiger charge is 2.28. The van der Waals surface area contributed by atoms with Gasteiger partial charge in [0.05, 0.1) is 5.56 Å². The van der Waals surface area contributed by atoms with Crippen molar-refractivity contribution < 1.29 is 4.79 Å². The summed E-state index contributed by atoms with van der Waals surface area (Å²) in [4.78, 5) is 16.2. The first kappa shape index (κ1) is 13.9. The number of hydrogen-bond acceptors (Lipinski definition) is 3. The molecule has 5 heteroatoms. The second-order valence-corrected chi connectivity index (χ2v) is 6.73. The molecule has 0 bridgehead atoms. The predicted molar refractivity (Wildman–Crippen MR) is 79.0 cm³/mol. The molecular weight excluding hydrogens is 312 g/mol. The Morgan fingerprint density at radius 3 is 3.17 bits per heavy atom. The van der Waals surface area contributed by atoms with Crippen LogP contribution in [0, 0.1) is 0 Å². The van der Waals surface area contributed by atoms with Crippen molar-refractivity contribution in [3.63, 3.8) is 0 Å².